The molecule has 0 spiro atoms. The fraction of sp³-hybridized carbons (Fsp3) is 0.462. The first kappa shape index (κ1) is 14.6. The molecule has 0 heterocycles. The molecular formula is C13H19IO. The van der Waals surface area contributed by atoms with E-state index < -0.39 is 0 Å². The van der Waals surface area contributed by atoms with Crippen molar-refractivity contribution in [3.8, 4) is 0 Å². The highest BCUT2D eigenvalue weighted by Crippen LogP contribution is 2.00. The van der Waals surface area contributed by atoms with Crippen molar-refractivity contribution in [3.63, 3.8) is 0 Å². The molecule has 0 rings (SSSR count). The largest absolute Gasteiger partial charge is 0.295 e. The van der Waals surface area contributed by atoms with Crippen LogP contribution >= 0.6 is 22.6 Å². The summed E-state index contributed by atoms with van der Waals surface area (Å²) in [6, 6.07) is 0. The van der Waals surface area contributed by atoms with Crippen LogP contribution in [0.15, 0.2) is 37.0 Å². The van der Waals surface area contributed by atoms with Gasteiger partial charge in [0.1, 0.15) is 0 Å². The normalized spacial score (nSPS) is 11.3. The van der Waals surface area contributed by atoms with Gasteiger partial charge in [-0.1, -0.05) is 53.5 Å². The average molecular weight is 318 g/mol. The van der Waals surface area contributed by atoms with Crippen LogP contribution < -0.4 is 0 Å². The molecule has 0 aromatic heterocycles. The molecule has 1 nitrogen and oxygen atoms in total. The second kappa shape index (κ2) is 11.7. The van der Waals surface area contributed by atoms with Crippen molar-refractivity contribution in [2.45, 2.75) is 32.1 Å². The van der Waals surface area contributed by atoms with E-state index >= 15 is 0 Å². The van der Waals surface area contributed by atoms with Gasteiger partial charge in [-0.25, -0.2) is 0 Å². The molecule has 0 aliphatic rings. The lowest BCUT2D eigenvalue weighted by Crippen LogP contribution is -1.86. The summed E-state index contributed by atoms with van der Waals surface area (Å²) >= 11 is 2.37. The van der Waals surface area contributed by atoms with E-state index in [9.17, 15) is 4.79 Å². The Morgan fingerprint density at radius 2 is 1.67 bits per heavy atom. The second-order valence-electron chi connectivity index (χ2n) is 3.23. The zero-order chi connectivity index (χ0) is 11.4. The molecule has 0 saturated heterocycles. The lowest BCUT2D eigenvalue weighted by molar-refractivity contribution is -0.113. The van der Waals surface area contributed by atoms with Gasteiger partial charge in [-0.2, -0.15) is 0 Å². The molecular weight excluding hydrogens is 299 g/mol. The predicted octanol–water partition coefficient (Wildman–Crippen LogP) is 4.24. The lowest BCUT2D eigenvalue weighted by Gasteiger charge is -1.90. The van der Waals surface area contributed by atoms with Gasteiger partial charge >= 0.3 is 0 Å². The van der Waals surface area contributed by atoms with Crippen molar-refractivity contribution >= 4 is 28.4 Å². The van der Waals surface area contributed by atoms with Crippen LogP contribution in [0, 0.1) is 0 Å². The summed E-state index contributed by atoms with van der Waals surface area (Å²) in [6.45, 7) is 3.42. The standard InChI is InChI=1S/C13H19IO/c1-2-13(15)11-9-7-5-3-4-6-8-10-12-14/h2,6-9H,1,3-5,10-12H2/b8-6+,9-7+. The molecule has 15 heavy (non-hydrogen) atoms. The number of hydrogen-bond acceptors (Lipinski definition) is 1. The van der Waals surface area contributed by atoms with Gasteiger partial charge in [0, 0.05) is 10.8 Å². The summed E-state index contributed by atoms with van der Waals surface area (Å²) in [7, 11) is 0. The zero-order valence-corrected chi connectivity index (χ0v) is 11.3. The number of carbonyl (C=O) groups excluding carboxylic acids is 1. The van der Waals surface area contributed by atoms with Crippen molar-refractivity contribution in [3.05, 3.63) is 37.0 Å². The Kier molecular flexibility index (Phi) is 11.4. The Morgan fingerprint density at radius 1 is 1.07 bits per heavy atom. The average Bonchev–Trinajstić information content (AvgIpc) is 2.26. The minimum absolute atomic E-state index is 0.0909. The summed E-state index contributed by atoms with van der Waals surface area (Å²) in [5.74, 6) is 0.0909. The quantitative estimate of drug-likeness (QED) is 0.204. The highest BCUT2D eigenvalue weighted by Gasteiger charge is 1.88. The van der Waals surface area contributed by atoms with Crippen LogP contribution in [0.2, 0.25) is 0 Å². The number of ketones is 1. The summed E-state index contributed by atoms with van der Waals surface area (Å²) in [4.78, 5) is 10.8. The third kappa shape index (κ3) is 11.5. The van der Waals surface area contributed by atoms with Crippen LogP contribution in [0.25, 0.3) is 0 Å². The molecule has 2 heteroatoms. The monoisotopic (exact) mass is 318 g/mol. The molecule has 0 fully saturated rings. The second-order valence-corrected chi connectivity index (χ2v) is 4.30. The molecule has 84 valence electrons. The van der Waals surface area contributed by atoms with Crippen molar-refractivity contribution in [2.75, 3.05) is 4.43 Å². The number of carbonyl (C=O) groups is 1. The fourth-order valence-corrected chi connectivity index (χ4v) is 1.41. The molecule has 0 radical (unpaired) electrons. The van der Waals surface area contributed by atoms with Crippen molar-refractivity contribution in [1.82, 2.24) is 0 Å². The molecule has 0 aliphatic heterocycles. The van der Waals surface area contributed by atoms with Gasteiger partial charge in [0.05, 0.1) is 0 Å². The number of allylic oxidation sites excluding steroid dienone is 5. The maximum absolute atomic E-state index is 10.8. The van der Waals surface area contributed by atoms with E-state index in [4.69, 9.17) is 0 Å². The third-order valence-electron chi connectivity index (χ3n) is 1.90. The Labute approximate surface area is 106 Å². The molecule has 0 bridgehead atoms. The van der Waals surface area contributed by atoms with Crippen LogP contribution in [-0.2, 0) is 4.79 Å². The van der Waals surface area contributed by atoms with Crippen LogP contribution in [0.5, 0.6) is 0 Å². The molecule has 0 amide bonds. The maximum Gasteiger partial charge on any atom is 0.158 e. The van der Waals surface area contributed by atoms with E-state index in [2.05, 4.69) is 47.4 Å². The van der Waals surface area contributed by atoms with E-state index in [0.29, 0.717) is 6.42 Å². The number of unbranched alkanes of at least 4 members (excludes halogenated alkanes) is 2. The van der Waals surface area contributed by atoms with Gasteiger partial charge in [-0.05, 0) is 31.8 Å². The number of rotatable bonds is 9. The highest BCUT2D eigenvalue weighted by atomic mass is 127. The molecule has 0 atom stereocenters. The highest BCUT2D eigenvalue weighted by molar-refractivity contribution is 14.1. The van der Waals surface area contributed by atoms with E-state index in [-0.39, 0.29) is 5.78 Å². The van der Waals surface area contributed by atoms with E-state index in [1.807, 2.05) is 6.08 Å². The molecule has 0 aliphatic carbocycles. The lowest BCUT2D eigenvalue weighted by atomic mass is 10.2. The van der Waals surface area contributed by atoms with E-state index in [1.54, 1.807) is 0 Å². The molecule has 0 aromatic rings. The Bertz CT molecular complexity index is 229. The molecule has 0 saturated carbocycles. The van der Waals surface area contributed by atoms with Gasteiger partial charge in [0.25, 0.3) is 0 Å². The number of halogens is 1. The first-order valence-corrected chi connectivity index (χ1v) is 6.85. The van der Waals surface area contributed by atoms with Crippen LogP contribution in [0.3, 0.4) is 0 Å². The minimum atomic E-state index is 0.0909. The summed E-state index contributed by atoms with van der Waals surface area (Å²) in [6.07, 6.45) is 14.9. The van der Waals surface area contributed by atoms with Gasteiger partial charge in [0.15, 0.2) is 5.78 Å². The summed E-state index contributed by atoms with van der Waals surface area (Å²) in [5.41, 5.74) is 0. The number of hydrogen-bond donors (Lipinski definition) is 0. The third-order valence-corrected chi connectivity index (χ3v) is 2.52. The molecule has 0 N–H and O–H groups in total. The Hall–Kier alpha value is -0.380. The first-order chi connectivity index (χ1) is 7.31. The van der Waals surface area contributed by atoms with Crippen molar-refractivity contribution in [1.29, 1.82) is 0 Å². The Balaban J connectivity index is 3.30. The summed E-state index contributed by atoms with van der Waals surface area (Å²) in [5, 5.41) is 0. The smallest absolute Gasteiger partial charge is 0.158 e. The number of alkyl halides is 1. The van der Waals surface area contributed by atoms with Crippen LogP contribution in [0.1, 0.15) is 32.1 Å². The molecule has 0 aromatic carbocycles. The summed E-state index contributed by atoms with van der Waals surface area (Å²) < 4.78 is 1.19. The fourth-order valence-electron chi connectivity index (χ4n) is 1.05. The zero-order valence-electron chi connectivity index (χ0n) is 9.12. The van der Waals surface area contributed by atoms with E-state index in [0.717, 1.165) is 19.3 Å². The van der Waals surface area contributed by atoms with Gasteiger partial charge in [0.2, 0.25) is 0 Å². The SMILES string of the molecule is C=CC(=O)C/C=C/CCC/C=C/CCI. The first-order valence-electron chi connectivity index (χ1n) is 5.32. The van der Waals surface area contributed by atoms with Crippen LogP contribution in [-0.4, -0.2) is 10.2 Å². The van der Waals surface area contributed by atoms with Gasteiger partial charge < -0.3 is 0 Å². The van der Waals surface area contributed by atoms with Gasteiger partial charge in [-0.3, -0.25) is 4.79 Å². The minimum Gasteiger partial charge on any atom is -0.295 e. The predicted molar refractivity (Wildman–Crippen MR) is 75.5 cm³/mol. The van der Waals surface area contributed by atoms with E-state index in [1.165, 1.54) is 16.9 Å². The maximum atomic E-state index is 10.8. The molecule has 0 unspecified atom stereocenters. The topological polar surface area (TPSA) is 17.1 Å². The van der Waals surface area contributed by atoms with Gasteiger partial charge in [-0.15, -0.1) is 0 Å². The Morgan fingerprint density at radius 3 is 2.27 bits per heavy atom. The van der Waals surface area contributed by atoms with Crippen LogP contribution in [0.4, 0.5) is 0 Å². The van der Waals surface area contributed by atoms with Crippen molar-refractivity contribution < 1.29 is 4.79 Å². The van der Waals surface area contributed by atoms with Crippen molar-refractivity contribution in [2.24, 2.45) is 0 Å².